The summed E-state index contributed by atoms with van der Waals surface area (Å²) in [6.07, 6.45) is 3.89. The van der Waals surface area contributed by atoms with Crippen LogP contribution in [0.1, 0.15) is 29.6 Å². The Kier molecular flexibility index (Phi) is 3.99. The molecule has 1 heterocycles. The van der Waals surface area contributed by atoms with Crippen LogP contribution in [0.2, 0.25) is 0 Å². The molecule has 2 rings (SSSR count). The Morgan fingerprint density at radius 1 is 1.42 bits per heavy atom. The highest BCUT2D eigenvalue weighted by atomic mass is 16.2. The van der Waals surface area contributed by atoms with E-state index in [0.29, 0.717) is 11.6 Å². The Morgan fingerprint density at radius 2 is 2.16 bits per heavy atom. The van der Waals surface area contributed by atoms with Crippen LogP contribution in [0.4, 0.5) is 0 Å². The quantitative estimate of drug-likeness (QED) is 0.771. The average Bonchev–Trinajstić information content (AvgIpc) is 3.16. The van der Waals surface area contributed by atoms with Crippen molar-refractivity contribution in [2.24, 2.45) is 7.05 Å². The number of carbonyl (C=O) groups excluding carboxylic acids is 2. The predicted molar refractivity (Wildman–Crippen MR) is 69.8 cm³/mol. The smallest absolute Gasteiger partial charge is 0.251 e. The molecule has 1 aromatic rings. The molecule has 0 aromatic carbocycles. The molecule has 0 spiro atoms. The topological polar surface area (TPSA) is 80.2 Å². The van der Waals surface area contributed by atoms with Gasteiger partial charge >= 0.3 is 0 Å². The van der Waals surface area contributed by atoms with Crippen LogP contribution in [0.25, 0.3) is 0 Å². The third-order valence-corrected chi connectivity index (χ3v) is 2.95. The first-order chi connectivity index (χ1) is 9.06. The van der Waals surface area contributed by atoms with Gasteiger partial charge in [0.1, 0.15) is 0 Å². The monoisotopic (exact) mass is 263 g/mol. The predicted octanol–water partition coefficient (Wildman–Crippen LogP) is -0.216. The molecule has 0 unspecified atom stereocenters. The Bertz CT molecular complexity index is 546. The van der Waals surface area contributed by atoms with E-state index >= 15 is 0 Å². The summed E-state index contributed by atoms with van der Waals surface area (Å²) < 4.78 is 1.39. The number of rotatable bonds is 5. The average molecular weight is 263 g/mol. The van der Waals surface area contributed by atoms with E-state index in [1.165, 1.54) is 16.8 Å². The summed E-state index contributed by atoms with van der Waals surface area (Å²) in [6, 6.07) is 3.18. The SMILES string of the molecule is Cn1ccc(C(=O)NCCC(=O)NC2CC2)cc1=O. The molecule has 1 saturated carbocycles. The van der Waals surface area contributed by atoms with Crippen molar-refractivity contribution in [3.63, 3.8) is 0 Å². The lowest BCUT2D eigenvalue weighted by atomic mass is 10.2. The minimum absolute atomic E-state index is 0.0493. The van der Waals surface area contributed by atoms with E-state index in [-0.39, 0.29) is 30.3 Å². The lowest BCUT2D eigenvalue weighted by molar-refractivity contribution is -0.121. The first-order valence-corrected chi connectivity index (χ1v) is 6.30. The molecule has 19 heavy (non-hydrogen) atoms. The molecule has 6 heteroatoms. The van der Waals surface area contributed by atoms with Crippen LogP contribution in [-0.2, 0) is 11.8 Å². The van der Waals surface area contributed by atoms with Crippen LogP contribution in [0, 0.1) is 0 Å². The van der Waals surface area contributed by atoms with Gasteiger partial charge in [-0.25, -0.2) is 0 Å². The zero-order valence-corrected chi connectivity index (χ0v) is 10.8. The molecule has 102 valence electrons. The van der Waals surface area contributed by atoms with Gasteiger partial charge in [-0.2, -0.15) is 0 Å². The largest absolute Gasteiger partial charge is 0.353 e. The summed E-state index contributed by atoms with van der Waals surface area (Å²) in [4.78, 5) is 34.5. The number of nitrogens with zero attached hydrogens (tertiary/aromatic N) is 1. The summed E-state index contributed by atoms with van der Waals surface area (Å²) in [5.74, 6) is -0.385. The highest BCUT2D eigenvalue weighted by Crippen LogP contribution is 2.18. The molecule has 1 aromatic heterocycles. The maximum Gasteiger partial charge on any atom is 0.251 e. The molecular weight excluding hydrogens is 246 g/mol. The van der Waals surface area contributed by atoms with Gasteiger partial charge in [0.25, 0.3) is 11.5 Å². The van der Waals surface area contributed by atoms with Crippen molar-refractivity contribution in [3.8, 4) is 0 Å². The molecule has 1 aliphatic carbocycles. The molecule has 1 fully saturated rings. The Hall–Kier alpha value is -2.11. The van der Waals surface area contributed by atoms with Gasteiger partial charge in [-0.15, -0.1) is 0 Å². The fourth-order valence-electron chi connectivity index (χ4n) is 1.61. The van der Waals surface area contributed by atoms with Crippen molar-refractivity contribution in [2.75, 3.05) is 6.54 Å². The Morgan fingerprint density at radius 3 is 2.79 bits per heavy atom. The molecular formula is C13H17N3O3. The first-order valence-electron chi connectivity index (χ1n) is 6.30. The summed E-state index contributed by atoms with van der Waals surface area (Å²) in [5.41, 5.74) is 0.0739. The third kappa shape index (κ3) is 3.94. The minimum atomic E-state index is -0.336. The lowest BCUT2D eigenvalue weighted by Crippen LogP contribution is -2.32. The van der Waals surface area contributed by atoms with Crippen molar-refractivity contribution < 1.29 is 9.59 Å². The van der Waals surface area contributed by atoms with E-state index < -0.39 is 0 Å². The van der Waals surface area contributed by atoms with E-state index in [2.05, 4.69) is 10.6 Å². The minimum Gasteiger partial charge on any atom is -0.353 e. The number of aromatic nitrogens is 1. The number of hydrogen-bond donors (Lipinski definition) is 2. The zero-order chi connectivity index (χ0) is 13.8. The highest BCUT2D eigenvalue weighted by molar-refractivity contribution is 5.94. The fraction of sp³-hybridized carbons (Fsp3) is 0.462. The summed E-state index contributed by atoms with van der Waals surface area (Å²) in [5, 5.41) is 5.46. The number of carbonyl (C=O) groups is 2. The second kappa shape index (κ2) is 5.69. The van der Waals surface area contributed by atoms with Crippen molar-refractivity contribution >= 4 is 11.8 Å². The second-order valence-corrected chi connectivity index (χ2v) is 4.71. The molecule has 0 radical (unpaired) electrons. The molecule has 0 aliphatic heterocycles. The molecule has 2 amide bonds. The van der Waals surface area contributed by atoms with E-state index in [1.807, 2.05) is 0 Å². The number of amides is 2. The Balaban J connectivity index is 1.78. The van der Waals surface area contributed by atoms with Crippen LogP contribution >= 0.6 is 0 Å². The number of nitrogens with one attached hydrogen (secondary N) is 2. The van der Waals surface area contributed by atoms with Crippen molar-refractivity contribution in [1.29, 1.82) is 0 Å². The molecule has 0 atom stereocenters. The van der Waals surface area contributed by atoms with Gasteiger partial charge in [0.15, 0.2) is 0 Å². The maximum atomic E-state index is 11.7. The van der Waals surface area contributed by atoms with Gasteiger partial charge in [0.2, 0.25) is 5.91 Å². The standard InChI is InChI=1S/C13H17N3O3/c1-16-7-5-9(8-12(16)18)13(19)14-6-4-11(17)15-10-2-3-10/h5,7-8,10H,2-4,6H2,1H3,(H,14,19)(H,15,17). The molecule has 2 N–H and O–H groups in total. The third-order valence-electron chi connectivity index (χ3n) is 2.95. The Labute approximate surface area is 110 Å². The second-order valence-electron chi connectivity index (χ2n) is 4.71. The molecule has 6 nitrogen and oxygen atoms in total. The van der Waals surface area contributed by atoms with Gasteiger partial charge in [-0.05, 0) is 18.9 Å². The first kappa shape index (κ1) is 13.3. The lowest BCUT2D eigenvalue weighted by Gasteiger charge is -2.06. The van der Waals surface area contributed by atoms with Crippen molar-refractivity contribution in [2.45, 2.75) is 25.3 Å². The van der Waals surface area contributed by atoms with Crippen LogP contribution in [0.15, 0.2) is 23.1 Å². The van der Waals surface area contributed by atoms with Crippen LogP contribution in [0.3, 0.4) is 0 Å². The van der Waals surface area contributed by atoms with Crippen LogP contribution in [0.5, 0.6) is 0 Å². The van der Waals surface area contributed by atoms with Crippen molar-refractivity contribution in [1.82, 2.24) is 15.2 Å². The van der Waals surface area contributed by atoms with Gasteiger partial charge in [-0.1, -0.05) is 0 Å². The van der Waals surface area contributed by atoms with E-state index in [0.717, 1.165) is 12.8 Å². The maximum absolute atomic E-state index is 11.7. The zero-order valence-electron chi connectivity index (χ0n) is 10.8. The van der Waals surface area contributed by atoms with E-state index in [4.69, 9.17) is 0 Å². The molecule has 1 aliphatic rings. The number of pyridine rings is 1. The number of aryl methyl sites for hydroxylation is 1. The van der Waals surface area contributed by atoms with E-state index in [1.54, 1.807) is 13.1 Å². The van der Waals surface area contributed by atoms with Gasteiger partial charge in [0, 0.05) is 43.9 Å². The normalized spacial score (nSPS) is 13.9. The van der Waals surface area contributed by atoms with Gasteiger partial charge in [-0.3, -0.25) is 14.4 Å². The fourth-order valence-corrected chi connectivity index (χ4v) is 1.61. The summed E-state index contributed by atoms with van der Waals surface area (Å²) in [7, 11) is 1.62. The van der Waals surface area contributed by atoms with Crippen LogP contribution in [-0.4, -0.2) is 29.0 Å². The van der Waals surface area contributed by atoms with Crippen LogP contribution < -0.4 is 16.2 Å². The summed E-state index contributed by atoms with van der Waals surface area (Å²) in [6.45, 7) is 0.270. The molecule has 0 bridgehead atoms. The number of hydrogen-bond acceptors (Lipinski definition) is 3. The molecule has 0 saturated heterocycles. The summed E-state index contributed by atoms with van der Waals surface area (Å²) >= 11 is 0. The van der Waals surface area contributed by atoms with E-state index in [9.17, 15) is 14.4 Å². The highest BCUT2D eigenvalue weighted by Gasteiger charge is 2.22. The van der Waals surface area contributed by atoms with Gasteiger partial charge in [0.05, 0.1) is 0 Å². The van der Waals surface area contributed by atoms with Gasteiger partial charge < -0.3 is 15.2 Å². The van der Waals surface area contributed by atoms with Crippen molar-refractivity contribution in [3.05, 3.63) is 34.2 Å².